The zero-order valence-electron chi connectivity index (χ0n) is 21.2. The molecule has 38 heavy (non-hydrogen) atoms. The Labute approximate surface area is 222 Å². The molecule has 0 atom stereocenters. The molecule has 2 saturated heterocycles. The van der Waals surface area contributed by atoms with Gasteiger partial charge in [-0.2, -0.15) is 0 Å². The van der Waals surface area contributed by atoms with Crippen LogP contribution in [-0.4, -0.2) is 67.4 Å². The van der Waals surface area contributed by atoms with Gasteiger partial charge in [0.05, 0.1) is 19.3 Å². The summed E-state index contributed by atoms with van der Waals surface area (Å²) in [5.41, 5.74) is 4.85. The largest absolute Gasteiger partial charge is 0.393 e. The van der Waals surface area contributed by atoms with Crippen molar-refractivity contribution in [3.63, 3.8) is 0 Å². The number of hydrogen-bond donors (Lipinski definition) is 4. The van der Waals surface area contributed by atoms with E-state index in [1.165, 1.54) is 0 Å². The van der Waals surface area contributed by atoms with E-state index in [2.05, 4.69) is 20.9 Å². The summed E-state index contributed by atoms with van der Waals surface area (Å²) in [5.74, 6) is -0.166. The molecule has 2 heterocycles. The summed E-state index contributed by atoms with van der Waals surface area (Å²) in [4.78, 5) is 29.0. The fourth-order valence-electron chi connectivity index (χ4n) is 4.56. The van der Waals surface area contributed by atoms with Gasteiger partial charge in [-0.25, -0.2) is 4.79 Å². The van der Waals surface area contributed by atoms with Gasteiger partial charge >= 0.3 is 6.03 Å². The highest BCUT2D eigenvalue weighted by Gasteiger charge is 2.18. The van der Waals surface area contributed by atoms with Gasteiger partial charge in [-0.1, -0.05) is 0 Å². The predicted molar refractivity (Wildman–Crippen MR) is 149 cm³/mol. The van der Waals surface area contributed by atoms with Crippen LogP contribution in [0.2, 0.25) is 0 Å². The number of piperidine rings is 1. The van der Waals surface area contributed by atoms with Crippen LogP contribution < -0.4 is 20.9 Å². The molecule has 3 aromatic carbocycles. The molecule has 0 radical (unpaired) electrons. The van der Waals surface area contributed by atoms with Gasteiger partial charge in [0.25, 0.3) is 5.91 Å². The van der Waals surface area contributed by atoms with Gasteiger partial charge in [0.2, 0.25) is 0 Å². The summed E-state index contributed by atoms with van der Waals surface area (Å²) in [5, 5.41) is 18.9. The molecular weight excluding hydrogens is 482 g/mol. The number of nitrogens with zero attached hydrogens (tertiary/aromatic N) is 2. The summed E-state index contributed by atoms with van der Waals surface area (Å²) < 4.78 is 5.29. The van der Waals surface area contributed by atoms with E-state index in [0.29, 0.717) is 37.6 Å². The monoisotopic (exact) mass is 515 g/mol. The van der Waals surface area contributed by atoms with Crippen molar-refractivity contribution in [1.29, 1.82) is 0 Å². The lowest BCUT2D eigenvalue weighted by molar-refractivity contribution is 0.0564. The topological polar surface area (TPSA) is 106 Å². The molecule has 0 aliphatic carbocycles. The van der Waals surface area contributed by atoms with Crippen LogP contribution in [-0.2, 0) is 4.74 Å². The number of urea groups is 1. The molecule has 0 saturated carbocycles. The van der Waals surface area contributed by atoms with Crippen LogP contribution in [0.3, 0.4) is 0 Å². The van der Waals surface area contributed by atoms with Crippen molar-refractivity contribution in [2.24, 2.45) is 0 Å². The second-order valence-corrected chi connectivity index (χ2v) is 9.53. The van der Waals surface area contributed by atoms with E-state index in [4.69, 9.17) is 4.74 Å². The van der Waals surface area contributed by atoms with Crippen molar-refractivity contribution in [3.05, 3.63) is 78.4 Å². The van der Waals surface area contributed by atoms with Crippen molar-refractivity contribution >= 4 is 40.4 Å². The minimum Gasteiger partial charge on any atom is -0.393 e. The third-order valence-electron chi connectivity index (χ3n) is 6.83. The second kappa shape index (κ2) is 12.0. The number of aliphatic hydroxyl groups excluding tert-OH is 1. The van der Waals surface area contributed by atoms with E-state index >= 15 is 0 Å². The highest BCUT2D eigenvalue weighted by Crippen LogP contribution is 2.23. The summed E-state index contributed by atoms with van der Waals surface area (Å²) in [7, 11) is 0. The average Bonchev–Trinajstić information content (AvgIpc) is 2.96. The van der Waals surface area contributed by atoms with E-state index in [1.807, 2.05) is 72.8 Å². The maximum Gasteiger partial charge on any atom is 0.321 e. The number of anilines is 5. The normalized spacial score (nSPS) is 16.1. The minimum absolute atomic E-state index is 0.120. The van der Waals surface area contributed by atoms with Gasteiger partial charge in [-0.15, -0.1) is 0 Å². The van der Waals surface area contributed by atoms with Crippen molar-refractivity contribution in [2.45, 2.75) is 18.9 Å². The maximum absolute atomic E-state index is 12.7. The average molecular weight is 516 g/mol. The quantitative estimate of drug-likeness (QED) is 0.385. The van der Waals surface area contributed by atoms with Crippen LogP contribution in [0.15, 0.2) is 72.8 Å². The number of aliphatic hydroxyl groups is 1. The van der Waals surface area contributed by atoms with E-state index in [-0.39, 0.29) is 18.0 Å². The van der Waals surface area contributed by atoms with E-state index in [1.54, 1.807) is 4.90 Å². The van der Waals surface area contributed by atoms with E-state index in [0.717, 1.165) is 48.7 Å². The molecule has 2 aliphatic rings. The molecule has 198 valence electrons. The fraction of sp³-hybridized carbons (Fsp3) is 0.310. The molecule has 0 unspecified atom stereocenters. The zero-order chi connectivity index (χ0) is 26.3. The van der Waals surface area contributed by atoms with Crippen molar-refractivity contribution < 1.29 is 19.4 Å². The van der Waals surface area contributed by atoms with Crippen LogP contribution >= 0.6 is 0 Å². The van der Waals surface area contributed by atoms with Crippen LogP contribution in [0.25, 0.3) is 0 Å². The highest BCUT2D eigenvalue weighted by atomic mass is 16.5. The number of carbonyl (C=O) groups excluding carboxylic acids is 2. The third-order valence-corrected chi connectivity index (χ3v) is 6.83. The first-order valence-electron chi connectivity index (χ1n) is 13.0. The Balaban J connectivity index is 1.11. The Kier molecular flexibility index (Phi) is 8.06. The first-order valence-corrected chi connectivity index (χ1v) is 13.0. The van der Waals surface area contributed by atoms with Gasteiger partial charge in [0.15, 0.2) is 0 Å². The number of amides is 3. The van der Waals surface area contributed by atoms with Gasteiger partial charge in [0.1, 0.15) is 0 Å². The zero-order valence-corrected chi connectivity index (χ0v) is 21.2. The Morgan fingerprint density at radius 1 is 0.711 bits per heavy atom. The minimum atomic E-state index is -0.210. The fourth-order valence-corrected chi connectivity index (χ4v) is 4.56. The molecule has 3 amide bonds. The highest BCUT2D eigenvalue weighted by molar-refractivity contribution is 6.04. The molecule has 2 fully saturated rings. The molecule has 0 bridgehead atoms. The molecule has 9 heteroatoms. The van der Waals surface area contributed by atoms with Crippen LogP contribution in [0.5, 0.6) is 0 Å². The molecule has 0 spiro atoms. The number of ether oxygens (including phenoxy) is 1. The van der Waals surface area contributed by atoms with E-state index < -0.39 is 0 Å². The number of morpholine rings is 1. The smallest absolute Gasteiger partial charge is 0.321 e. The Hall–Kier alpha value is -4.08. The van der Waals surface area contributed by atoms with Crippen molar-refractivity contribution in [1.82, 2.24) is 4.90 Å². The van der Waals surface area contributed by atoms with Crippen LogP contribution in [0.1, 0.15) is 23.2 Å². The summed E-state index contributed by atoms with van der Waals surface area (Å²) in [6, 6.07) is 22.5. The number of hydrogen-bond acceptors (Lipinski definition) is 6. The summed E-state index contributed by atoms with van der Waals surface area (Å²) in [6.45, 7) is 3.97. The van der Waals surface area contributed by atoms with Crippen LogP contribution in [0, 0.1) is 0 Å². The first-order chi connectivity index (χ1) is 18.5. The predicted octanol–water partition coefficient (Wildman–Crippen LogP) is 4.51. The SMILES string of the molecule is O=C(Nc1ccc(Nc2ccc(NC(=O)N3CCOCC3)cc2)cc1)c1ccc(N2CCC(O)CC2)cc1. The Bertz CT molecular complexity index is 1220. The number of benzene rings is 3. The first kappa shape index (κ1) is 25.6. The molecule has 2 aliphatic heterocycles. The van der Waals surface area contributed by atoms with Crippen molar-refractivity contribution in [3.8, 4) is 0 Å². The lowest BCUT2D eigenvalue weighted by atomic mass is 10.1. The maximum atomic E-state index is 12.7. The second-order valence-electron chi connectivity index (χ2n) is 9.53. The van der Waals surface area contributed by atoms with Crippen molar-refractivity contribution in [2.75, 3.05) is 60.2 Å². The van der Waals surface area contributed by atoms with Gasteiger partial charge in [-0.3, -0.25) is 4.79 Å². The lowest BCUT2D eigenvalue weighted by Gasteiger charge is -2.31. The van der Waals surface area contributed by atoms with Gasteiger partial charge in [0, 0.05) is 60.2 Å². The van der Waals surface area contributed by atoms with Gasteiger partial charge < -0.3 is 35.6 Å². The standard InChI is InChI=1S/C29H33N5O4/c35-27-13-15-33(16-14-27)26-11-1-21(2-12-26)28(36)31-24-7-3-22(4-8-24)30-23-5-9-25(10-6-23)32-29(37)34-17-19-38-20-18-34/h1-12,27,30,35H,13-20H2,(H,31,36)(H,32,37). The lowest BCUT2D eigenvalue weighted by Crippen LogP contribution is -2.43. The molecule has 5 rings (SSSR count). The van der Waals surface area contributed by atoms with E-state index in [9.17, 15) is 14.7 Å². The Morgan fingerprint density at radius 3 is 1.82 bits per heavy atom. The molecule has 3 aromatic rings. The number of carbonyl (C=O) groups is 2. The third kappa shape index (κ3) is 6.62. The molecule has 4 N–H and O–H groups in total. The summed E-state index contributed by atoms with van der Waals surface area (Å²) in [6.07, 6.45) is 1.33. The molecule has 0 aromatic heterocycles. The Morgan fingerprint density at radius 2 is 1.24 bits per heavy atom. The number of nitrogens with one attached hydrogen (secondary N) is 3. The number of rotatable bonds is 6. The van der Waals surface area contributed by atoms with Gasteiger partial charge in [-0.05, 0) is 85.6 Å². The summed E-state index contributed by atoms with van der Waals surface area (Å²) >= 11 is 0. The molecular formula is C29H33N5O4. The molecule has 9 nitrogen and oxygen atoms in total. The van der Waals surface area contributed by atoms with Crippen LogP contribution in [0.4, 0.5) is 33.2 Å².